The number of amides is 3. The van der Waals surface area contributed by atoms with Crippen LogP contribution in [0.25, 0.3) is 0 Å². The van der Waals surface area contributed by atoms with Gasteiger partial charge in [-0.25, -0.2) is 4.79 Å². The Morgan fingerprint density at radius 2 is 1.52 bits per heavy atom. The normalized spacial score (nSPS) is 9.71. The van der Waals surface area contributed by atoms with Crippen LogP contribution in [-0.4, -0.2) is 32.1 Å². The van der Waals surface area contributed by atoms with E-state index < -0.39 is 0 Å². The minimum Gasteiger partial charge on any atom is -0.497 e. The molecule has 6 nitrogen and oxygen atoms in total. The monoisotopic (exact) mass is 413 g/mol. The molecule has 0 bridgehead atoms. The third-order valence-corrected chi connectivity index (χ3v) is 4.27. The molecule has 3 N–H and O–H groups in total. The maximum atomic E-state index is 12.1. The maximum Gasteiger partial charge on any atom is 0.319 e. The van der Waals surface area contributed by atoms with Crippen LogP contribution in [0.1, 0.15) is 21.5 Å². The van der Waals surface area contributed by atoms with Gasteiger partial charge in [0.15, 0.2) is 0 Å². The van der Waals surface area contributed by atoms with Gasteiger partial charge < -0.3 is 20.7 Å². The SMILES string of the molecule is COc1cccc(C(=O)NCCNC(=O)Nc2cccc(C#Cc3ccccc3)c2)c1. The zero-order valence-electron chi connectivity index (χ0n) is 17.1. The molecule has 0 atom stereocenters. The molecule has 3 rings (SSSR count). The fourth-order valence-electron chi connectivity index (χ4n) is 2.73. The second-order valence-corrected chi connectivity index (χ2v) is 6.57. The fraction of sp³-hybridized carbons (Fsp3) is 0.120. The van der Waals surface area contributed by atoms with Gasteiger partial charge in [-0.3, -0.25) is 4.79 Å². The third-order valence-electron chi connectivity index (χ3n) is 4.27. The van der Waals surface area contributed by atoms with E-state index in [9.17, 15) is 9.59 Å². The van der Waals surface area contributed by atoms with E-state index in [4.69, 9.17) is 4.74 Å². The molecule has 31 heavy (non-hydrogen) atoms. The van der Waals surface area contributed by atoms with Crippen LogP contribution in [-0.2, 0) is 0 Å². The van der Waals surface area contributed by atoms with Crippen molar-refractivity contribution in [1.82, 2.24) is 10.6 Å². The summed E-state index contributed by atoms with van der Waals surface area (Å²) in [6, 6.07) is 23.5. The van der Waals surface area contributed by atoms with Crippen LogP contribution in [0.3, 0.4) is 0 Å². The molecule has 156 valence electrons. The van der Waals surface area contributed by atoms with Crippen molar-refractivity contribution in [2.24, 2.45) is 0 Å². The van der Waals surface area contributed by atoms with E-state index in [1.807, 2.05) is 42.5 Å². The van der Waals surface area contributed by atoms with Crippen molar-refractivity contribution in [1.29, 1.82) is 0 Å². The summed E-state index contributed by atoms with van der Waals surface area (Å²) in [5, 5.41) is 8.24. The number of ether oxygens (including phenoxy) is 1. The summed E-state index contributed by atoms with van der Waals surface area (Å²) >= 11 is 0. The van der Waals surface area contributed by atoms with Crippen molar-refractivity contribution in [3.8, 4) is 17.6 Å². The minimum atomic E-state index is -0.358. The average molecular weight is 413 g/mol. The number of nitrogens with one attached hydrogen (secondary N) is 3. The van der Waals surface area contributed by atoms with Crippen molar-refractivity contribution in [2.45, 2.75) is 0 Å². The highest BCUT2D eigenvalue weighted by molar-refractivity contribution is 5.94. The van der Waals surface area contributed by atoms with E-state index in [0.717, 1.165) is 11.1 Å². The van der Waals surface area contributed by atoms with Crippen LogP contribution in [0, 0.1) is 11.8 Å². The van der Waals surface area contributed by atoms with Crippen molar-refractivity contribution >= 4 is 17.6 Å². The molecule has 0 unspecified atom stereocenters. The molecule has 0 saturated heterocycles. The molecule has 0 saturated carbocycles. The predicted octanol–water partition coefficient (Wildman–Crippen LogP) is 3.65. The van der Waals surface area contributed by atoms with E-state index in [1.165, 1.54) is 0 Å². The number of benzene rings is 3. The van der Waals surface area contributed by atoms with Gasteiger partial charge in [-0.05, 0) is 48.5 Å². The Labute approximate surface area is 181 Å². The Kier molecular flexibility index (Phi) is 7.67. The molecule has 0 aromatic heterocycles. The van der Waals surface area contributed by atoms with Crippen LogP contribution in [0.5, 0.6) is 5.75 Å². The lowest BCUT2D eigenvalue weighted by Gasteiger charge is -2.09. The van der Waals surface area contributed by atoms with Crippen LogP contribution in [0.4, 0.5) is 10.5 Å². The molecule has 0 radical (unpaired) electrons. The van der Waals surface area contributed by atoms with Gasteiger partial charge in [-0.1, -0.05) is 42.2 Å². The first-order chi connectivity index (χ1) is 15.1. The van der Waals surface area contributed by atoms with Gasteiger partial charge in [0, 0.05) is 35.5 Å². The Balaban J connectivity index is 1.44. The Morgan fingerprint density at radius 1 is 0.806 bits per heavy atom. The van der Waals surface area contributed by atoms with Crippen LogP contribution >= 0.6 is 0 Å². The molecule has 0 spiro atoms. The highest BCUT2D eigenvalue weighted by Crippen LogP contribution is 2.12. The third kappa shape index (κ3) is 6.94. The lowest BCUT2D eigenvalue weighted by atomic mass is 10.1. The molecule has 0 heterocycles. The van der Waals surface area contributed by atoms with Gasteiger partial charge in [-0.2, -0.15) is 0 Å². The highest BCUT2D eigenvalue weighted by atomic mass is 16.5. The summed E-state index contributed by atoms with van der Waals surface area (Å²) in [7, 11) is 1.55. The van der Waals surface area contributed by atoms with Crippen LogP contribution in [0.2, 0.25) is 0 Å². The molecule has 0 aliphatic rings. The highest BCUT2D eigenvalue weighted by Gasteiger charge is 2.06. The molecule has 3 amide bonds. The number of hydrogen-bond acceptors (Lipinski definition) is 3. The van der Waals surface area contributed by atoms with Gasteiger partial charge in [0.1, 0.15) is 5.75 Å². The first kappa shape index (κ1) is 21.5. The number of urea groups is 1. The Morgan fingerprint density at radius 3 is 2.32 bits per heavy atom. The Bertz CT molecular complexity index is 1100. The second-order valence-electron chi connectivity index (χ2n) is 6.57. The van der Waals surface area contributed by atoms with Gasteiger partial charge in [0.25, 0.3) is 5.91 Å². The lowest BCUT2D eigenvalue weighted by molar-refractivity contribution is 0.0953. The average Bonchev–Trinajstić information content (AvgIpc) is 2.81. The molecule has 0 aliphatic carbocycles. The smallest absolute Gasteiger partial charge is 0.319 e. The predicted molar refractivity (Wildman–Crippen MR) is 121 cm³/mol. The fourth-order valence-corrected chi connectivity index (χ4v) is 2.73. The lowest BCUT2D eigenvalue weighted by Crippen LogP contribution is -2.36. The number of carbonyl (C=O) groups is 2. The standard InChI is InChI=1S/C25H23N3O3/c1-31-23-12-6-10-21(18-23)24(29)26-15-16-27-25(30)28-22-11-5-9-20(17-22)14-13-19-7-3-2-4-8-19/h2-12,17-18H,15-16H2,1H3,(H,26,29)(H2,27,28,30). The van der Waals surface area contributed by atoms with E-state index >= 15 is 0 Å². The summed E-state index contributed by atoms with van der Waals surface area (Å²) in [6.45, 7) is 0.584. The van der Waals surface area contributed by atoms with E-state index in [1.54, 1.807) is 43.5 Å². The number of carbonyl (C=O) groups excluding carboxylic acids is 2. The molecular weight excluding hydrogens is 390 g/mol. The minimum absolute atomic E-state index is 0.231. The summed E-state index contributed by atoms with van der Waals surface area (Å²) in [5.41, 5.74) is 2.86. The van der Waals surface area contributed by atoms with Gasteiger partial charge in [0.05, 0.1) is 7.11 Å². The van der Waals surface area contributed by atoms with Gasteiger partial charge >= 0.3 is 6.03 Å². The van der Waals surface area contributed by atoms with Crippen molar-refractivity contribution in [2.75, 3.05) is 25.5 Å². The van der Waals surface area contributed by atoms with Crippen LogP contribution in [0.15, 0.2) is 78.9 Å². The summed E-state index contributed by atoms with van der Waals surface area (Å²) in [5.74, 6) is 6.55. The van der Waals surface area contributed by atoms with Crippen molar-refractivity contribution in [3.63, 3.8) is 0 Å². The quantitative estimate of drug-likeness (QED) is 0.426. The largest absolute Gasteiger partial charge is 0.497 e. The van der Waals surface area contributed by atoms with Gasteiger partial charge in [0.2, 0.25) is 0 Å². The van der Waals surface area contributed by atoms with E-state index in [0.29, 0.717) is 23.5 Å². The second kappa shape index (κ2) is 11.1. The van der Waals surface area contributed by atoms with Gasteiger partial charge in [-0.15, -0.1) is 0 Å². The topological polar surface area (TPSA) is 79.5 Å². The van der Waals surface area contributed by atoms with Crippen molar-refractivity contribution in [3.05, 3.63) is 95.6 Å². The number of anilines is 1. The zero-order chi connectivity index (χ0) is 21.9. The van der Waals surface area contributed by atoms with E-state index in [2.05, 4.69) is 27.8 Å². The summed E-state index contributed by atoms with van der Waals surface area (Å²) < 4.78 is 5.11. The first-order valence-corrected chi connectivity index (χ1v) is 9.78. The molecule has 3 aromatic rings. The molecule has 0 fully saturated rings. The molecule has 0 aliphatic heterocycles. The van der Waals surface area contributed by atoms with Crippen molar-refractivity contribution < 1.29 is 14.3 Å². The number of hydrogen-bond donors (Lipinski definition) is 3. The summed E-state index contributed by atoms with van der Waals surface area (Å²) in [6.07, 6.45) is 0. The molecule has 6 heteroatoms. The Hall–Kier alpha value is -4.24. The number of rotatable bonds is 6. The maximum absolute atomic E-state index is 12.1. The molecule has 3 aromatic carbocycles. The number of methoxy groups -OCH3 is 1. The first-order valence-electron chi connectivity index (χ1n) is 9.78. The summed E-state index contributed by atoms with van der Waals surface area (Å²) in [4.78, 5) is 24.3. The van der Waals surface area contributed by atoms with E-state index in [-0.39, 0.29) is 18.5 Å². The van der Waals surface area contributed by atoms with Crippen LogP contribution < -0.4 is 20.7 Å². The molecular formula is C25H23N3O3. The zero-order valence-corrected chi connectivity index (χ0v) is 17.1.